The Morgan fingerprint density at radius 1 is 1.33 bits per heavy atom. The smallest absolute Gasteiger partial charge is 0.314 e. The van der Waals surface area contributed by atoms with E-state index >= 15 is 0 Å². The average molecular weight is 232 g/mol. The summed E-state index contributed by atoms with van der Waals surface area (Å²) < 4.78 is 41.6. The van der Waals surface area contributed by atoms with E-state index in [1.54, 1.807) is 0 Å². The molecule has 0 aliphatic heterocycles. The van der Waals surface area contributed by atoms with Crippen molar-refractivity contribution >= 4 is 12.9 Å². The molecule has 0 aromatic heterocycles. The van der Waals surface area contributed by atoms with Crippen molar-refractivity contribution in [3.8, 4) is 12.3 Å². The van der Waals surface area contributed by atoms with Crippen LogP contribution in [0, 0.1) is 12.3 Å². The molecule has 1 rings (SSSR count). The molecule has 5 heteroatoms. The van der Waals surface area contributed by atoms with E-state index in [9.17, 15) is 13.2 Å². The molecule has 0 unspecified atom stereocenters. The Labute approximate surface area is 90.9 Å². The summed E-state index contributed by atoms with van der Waals surface area (Å²) in [5.74, 6) is 2.16. The molecule has 0 atom stereocenters. The van der Waals surface area contributed by atoms with E-state index in [-0.39, 0.29) is 12.2 Å². The molecule has 1 aromatic rings. The maximum Gasteiger partial charge on any atom is 0.416 e. The molecule has 0 aliphatic carbocycles. The van der Waals surface area contributed by atoms with Gasteiger partial charge >= 0.3 is 6.18 Å². The minimum Gasteiger partial charge on any atom is -0.314 e. The highest BCUT2D eigenvalue weighted by atomic mass is 32.1. The lowest BCUT2D eigenvalue weighted by atomic mass is 10.1. The molecule has 0 radical (unpaired) electrons. The Hall–Kier alpha value is -1.12. The van der Waals surface area contributed by atoms with Crippen LogP contribution in [0.2, 0.25) is 0 Å². The van der Waals surface area contributed by atoms with Crippen molar-refractivity contribution in [2.45, 2.75) is 12.8 Å². The second-order valence-corrected chi connectivity index (χ2v) is 3.09. The van der Waals surface area contributed by atoms with Gasteiger partial charge in [-0.05, 0) is 36.7 Å². The molecule has 0 spiro atoms. The Kier molecular flexibility index (Phi) is 3.66. The Bertz CT molecular complexity index is 393. The first kappa shape index (κ1) is 12.0. The number of halogens is 3. The monoisotopic (exact) mass is 232 g/mol. The molecule has 15 heavy (non-hydrogen) atoms. The molecule has 1 nitrogen and oxygen atoms in total. The molecule has 0 saturated heterocycles. The number of thiol groups is 1. The maximum absolute atomic E-state index is 12.4. The predicted molar refractivity (Wildman–Crippen MR) is 53.2 cm³/mol. The van der Waals surface area contributed by atoms with Gasteiger partial charge < -0.3 is 4.18 Å². The third-order valence-electron chi connectivity index (χ3n) is 1.72. The van der Waals surface area contributed by atoms with Gasteiger partial charge in [0.15, 0.2) is 0 Å². The van der Waals surface area contributed by atoms with E-state index in [0.717, 1.165) is 12.1 Å². The first-order chi connectivity index (χ1) is 6.97. The van der Waals surface area contributed by atoms with Crippen LogP contribution in [0.5, 0.6) is 0 Å². The fourth-order valence-corrected chi connectivity index (χ4v) is 1.25. The van der Waals surface area contributed by atoms with Crippen molar-refractivity contribution in [1.29, 1.82) is 0 Å². The Morgan fingerprint density at radius 3 is 2.47 bits per heavy atom. The molecule has 0 amide bonds. The molecule has 0 N–H and O–H groups in total. The van der Waals surface area contributed by atoms with Gasteiger partial charge in [0.05, 0.1) is 12.2 Å². The zero-order valence-electron chi connectivity index (χ0n) is 7.51. The molecule has 0 aliphatic rings. The van der Waals surface area contributed by atoms with E-state index in [1.807, 2.05) is 0 Å². The van der Waals surface area contributed by atoms with Crippen molar-refractivity contribution in [2.75, 3.05) is 0 Å². The van der Waals surface area contributed by atoms with Crippen molar-refractivity contribution in [3.05, 3.63) is 34.9 Å². The Balaban J connectivity index is 3.19. The molecular formula is C10H7F3OS. The van der Waals surface area contributed by atoms with E-state index in [1.165, 1.54) is 6.07 Å². The third kappa shape index (κ3) is 3.18. The third-order valence-corrected chi connectivity index (χ3v) is 1.85. The van der Waals surface area contributed by atoms with Crippen LogP contribution in [0.4, 0.5) is 13.2 Å². The van der Waals surface area contributed by atoms with E-state index in [4.69, 9.17) is 6.42 Å². The van der Waals surface area contributed by atoms with Crippen molar-refractivity contribution in [2.24, 2.45) is 0 Å². The minimum absolute atomic E-state index is 0.0261. The van der Waals surface area contributed by atoms with E-state index in [0.29, 0.717) is 5.56 Å². The molecule has 0 saturated carbocycles. The summed E-state index contributed by atoms with van der Waals surface area (Å²) in [6.07, 6.45) is 0.645. The van der Waals surface area contributed by atoms with Crippen molar-refractivity contribution in [3.63, 3.8) is 0 Å². The lowest BCUT2D eigenvalue weighted by molar-refractivity contribution is -0.137. The molecule has 1 aromatic carbocycles. The number of terminal acetylenes is 1. The van der Waals surface area contributed by atoms with Crippen LogP contribution in [0.25, 0.3) is 0 Å². The lowest BCUT2D eigenvalue weighted by Gasteiger charge is -2.09. The highest BCUT2D eigenvalue weighted by Crippen LogP contribution is 2.30. The number of hydrogen-bond donors (Lipinski definition) is 1. The molecule has 0 fully saturated rings. The summed E-state index contributed by atoms with van der Waals surface area (Å²) in [7, 11) is 0. The summed E-state index contributed by atoms with van der Waals surface area (Å²) in [6.45, 7) is -0.0261. The van der Waals surface area contributed by atoms with Gasteiger partial charge in [-0.25, -0.2) is 0 Å². The van der Waals surface area contributed by atoms with Crippen LogP contribution in [-0.4, -0.2) is 0 Å². The summed E-state index contributed by atoms with van der Waals surface area (Å²) in [6, 6.07) is 3.35. The van der Waals surface area contributed by atoms with Crippen LogP contribution in [0.1, 0.15) is 16.7 Å². The zero-order valence-corrected chi connectivity index (χ0v) is 8.40. The SMILES string of the molecule is C#Cc1cc(COS)cc(C(F)(F)F)c1. The first-order valence-electron chi connectivity index (χ1n) is 3.91. The largest absolute Gasteiger partial charge is 0.416 e. The van der Waals surface area contributed by atoms with Crippen LogP contribution in [0.3, 0.4) is 0 Å². The minimum atomic E-state index is -4.40. The number of benzene rings is 1. The van der Waals surface area contributed by atoms with Gasteiger partial charge in [0.1, 0.15) is 0 Å². The highest BCUT2D eigenvalue weighted by Gasteiger charge is 2.31. The van der Waals surface area contributed by atoms with E-state index < -0.39 is 11.7 Å². The lowest BCUT2D eigenvalue weighted by Crippen LogP contribution is -2.06. The second-order valence-electron chi connectivity index (χ2n) is 2.83. The fraction of sp³-hybridized carbons (Fsp3) is 0.200. The number of alkyl halides is 3. The van der Waals surface area contributed by atoms with E-state index in [2.05, 4.69) is 23.0 Å². The molecule has 80 valence electrons. The normalized spacial score (nSPS) is 11.1. The fourth-order valence-electron chi connectivity index (χ4n) is 1.10. The first-order valence-corrected chi connectivity index (χ1v) is 4.28. The van der Waals surface area contributed by atoms with Gasteiger partial charge in [0.2, 0.25) is 0 Å². The second kappa shape index (κ2) is 4.60. The van der Waals surface area contributed by atoms with Crippen LogP contribution in [0.15, 0.2) is 18.2 Å². The van der Waals surface area contributed by atoms with Crippen molar-refractivity contribution in [1.82, 2.24) is 0 Å². The van der Waals surface area contributed by atoms with Gasteiger partial charge in [-0.15, -0.1) is 6.42 Å². The van der Waals surface area contributed by atoms with Gasteiger partial charge in [-0.3, -0.25) is 0 Å². The molecule has 0 bridgehead atoms. The van der Waals surface area contributed by atoms with Crippen LogP contribution >= 0.6 is 12.9 Å². The molecule has 0 heterocycles. The van der Waals surface area contributed by atoms with Gasteiger partial charge in [-0.2, -0.15) is 13.2 Å². The number of rotatable bonds is 2. The summed E-state index contributed by atoms with van der Waals surface area (Å²) in [5.41, 5.74) is -0.267. The molecular weight excluding hydrogens is 225 g/mol. The maximum atomic E-state index is 12.4. The highest BCUT2D eigenvalue weighted by molar-refractivity contribution is 7.75. The summed E-state index contributed by atoms with van der Waals surface area (Å²) >= 11 is 3.47. The van der Waals surface area contributed by atoms with Gasteiger partial charge in [0.25, 0.3) is 0 Å². The quantitative estimate of drug-likeness (QED) is 0.468. The van der Waals surface area contributed by atoms with Gasteiger partial charge in [-0.1, -0.05) is 5.92 Å². The summed E-state index contributed by atoms with van der Waals surface area (Å²) in [4.78, 5) is 0. The van der Waals surface area contributed by atoms with Gasteiger partial charge in [0, 0.05) is 5.56 Å². The van der Waals surface area contributed by atoms with Crippen LogP contribution < -0.4 is 0 Å². The predicted octanol–water partition coefficient (Wildman–Crippen LogP) is 3.05. The summed E-state index contributed by atoms with van der Waals surface area (Å²) in [5, 5.41) is 0. The zero-order chi connectivity index (χ0) is 11.5. The average Bonchev–Trinajstić information content (AvgIpc) is 2.16. The Morgan fingerprint density at radius 2 is 2.00 bits per heavy atom. The topological polar surface area (TPSA) is 9.23 Å². The standard InChI is InChI=1S/C10H7F3OS/c1-2-7-3-8(6-14-15)5-9(4-7)10(11,12)13/h1,3-5,15H,6H2. The van der Waals surface area contributed by atoms with Crippen molar-refractivity contribution < 1.29 is 17.4 Å². The van der Waals surface area contributed by atoms with Crippen LogP contribution in [-0.2, 0) is 17.0 Å². The number of hydrogen-bond acceptors (Lipinski definition) is 2.